The van der Waals surface area contributed by atoms with Crippen molar-refractivity contribution in [2.45, 2.75) is 53.0 Å². The Morgan fingerprint density at radius 1 is 1.10 bits per heavy atom. The Morgan fingerprint density at radius 2 is 1.71 bits per heavy atom. The number of thiophene rings is 1. The van der Waals surface area contributed by atoms with Crippen molar-refractivity contribution in [3.05, 3.63) is 21.9 Å². The summed E-state index contributed by atoms with van der Waals surface area (Å²) in [6.45, 7) is 4.85. The zero-order valence-corrected chi connectivity index (χ0v) is 18.9. The lowest BCUT2D eigenvalue weighted by molar-refractivity contribution is -0.152. The third-order valence-electron chi connectivity index (χ3n) is 5.62. The number of nitrogens with one attached hydrogen (secondary N) is 1. The number of fused-ring (bicyclic) bond motifs is 1. The number of carbonyl (C=O) groups excluding carboxylic acids is 5. The molecule has 31 heavy (non-hydrogen) atoms. The Labute approximate surface area is 185 Å². The van der Waals surface area contributed by atoms with Gasteiger partial charge in [0.25, 0.3) is 0 Å². The molecule has 1 N–H and O–H groups in total. The van der Waals surface area contributed by atoms with Gasteiger partial charge in [0.05, 0.1) is 23.3 Å². The van der Waals surface area contributed by atoms with E-state index < -0.39 is 24.5 Å². The van der Waals surface area contributed by atoms with E-state index in [9.17, 15) is 24.0 Å². The van der Waals surface area contributed by atoms with Crippen LogP contribution in [-0.4, -0.2) is 47.5 Å². The van der Waals surface area contributed by atoms with Gasteiger partial charge in [-0.2, -0.15) is 0 Å². The number of carbonyl (C=O) groups is 5. The van der Waals surface area contributed by atoms with E-state index in [1.54, 1.807) is 12.1 Å². The maximum absolute atomic E-state index is 12.4. The van der Waals surface area contributed by atoms with Crippen molar-refractivity contribution in [3.8, 4) is 0 Å². The predicted octanol–water partition coefficient (Wildman–Crippen LogP) is 2.31. The van der Waals surface area contributed by atoms with E-state index in [-0.39, 0.29) is 35.3 Å². The second-order valence-corrected chi connectivity index (χ2v) is 10.2. The van der Waals surface area contributed by atoms with Crippen LogP contribution in [0.25, 0.3) is 0 Å². The number of nitrogens with zero attached hydrogens (tertiary/aromatic N) is 1. The molecule has 1 saturated carbocycles. The monoisotopic (exact) mass is 448 g/mol. The van der Waals surface area contributed by atoms with E-state index in [1.165, 1.54) is 11.3 Å². The summed E-state index contributed by atoms with van der Waals surface area (Å²) in [6.07, 6.45) is 3.18. The normalized spacial score (nSPS) is 21.1. The molecule has 0 bridgehead atoms. The van der Waals surface area contributed by atoms with E-state index in [0.717, 1.165) is 22.6 Å². The molecular formula is C22H28N2O6S. The average Bonchev–Trinajstić information content (AvgIpc) is 3.29. The van der Waals surface area contributed by atoms with E-state index in [1.807, 2.05) is 20.8 Å². The van der Waals surface area contributed by atoms with Crippen molar-refractivity contribution in [1.82, 2.24) is 10.2 Å². The zero-order valence-electron chi connectivity index (χ0n) is 18.1. The number of esters is 1. The first-order chi connectivity index (χ1) is 14.6. The van der Waals surface area contributed by atoms with Gasteiger partial charge in [-0.3, -0.25) is 28.9 Å². The van der Waals surface area contributed by atoms with E-state index in [2.05, 4.69) is 5.32 Å². The number of hydrogen-bond donors (Lipinski definition) is 1. The van der Waals surface area contributed by atoms with E-state index in [4.69, 9.17) is 4.74 Å². The fourth-order valence-electron chi connectivity index (χ4n) is 3.83. The molecule has 1 aromatic heterocycles. The Balaban J connectivity index is 1.47. The average molecular weight is 449 g/mol. The van der Waals surface area contributed by atoms with Crippen molar-refractivity contribution in [2.24, 2.45) is 17.3 Å². The smallest absolute Gasteiger partial charge is 0.326 e. The molecule has 1 aliphatic carbocycles. The van der Waals surface area contributed by atoms with Crippen LogP contribution in [-0.2, 0) is 30.5 Å². The number of Topliss-reactive ketones (excluding diaryl/α,β-unsaturated/α-hetero) is 1. The first-order valence-electron chi connectivity index (χ1n) is 10.5. The maximum atomic E-state index is 12.4. The number of amides is 3. The van der Waals surface area contributed by atoms with Crippen LogP contribution in [0.15, 0.2) is 12.1 Å². The minimum atomic E-state index is -0.775. The maximum Gasteiger partial charge on any atom is 0.326 e. The molecule has 2 heterocycles. The fourth-order valence-corrected chi connectivity index (χ4v) is 4.71. The topological polar surface area (TPSA) is 110 Å². The summed E-state index contributed by atoms with van der Waals surface area (Å²) in [5.41, 5.74) is -0.500. The van der Waals surface area contributed by atoms with Crippen LogP contribution >= 0.6 is 11.3 Å². The van der Waals surface area contributed by atoms with Crippen LogP contribution in [0.4, 0.5) is 0 Å². The molecule has 1 saturated heterocycles. The lowest BCUT2D eigenvalue weighted by Gasteiger charge is -2.19. The third kappa shape index (κ3) is 5.39. The van der Waals surface area contributed by atoms with Gasteiger partial charge in [0, 0.05) is 10.3 Å². The molecule has 1 aliphatic heterocycles. The molecule has 8 nitrogen and oxygen atoms in total. The van der Waals surface area contributed by atoms with Crippen molar-refractivity contribution in [1.29, 1.82) is 0 Å². The summed E-state index contributed by atoms with van der Waals surface area (Å²) >= 11 is 1.22. The zero-order chi connectivity index (χ0) is 22.8. The number of likely N-dealkylation sites (tertiary alicyclic amines) is 1. The summed E-state index contributed by atoms with van der Waals surface area (Å²) in [5.74, 6) is -2.50. The van der Waals surface area contributed by atoms with Crippen LogP contribution in [0, 0.1) is 17.3 Å². The lowest BCUT2D eigenvalue weighted by Crippen LogP contribution is -2.37. The van der Waals surface area contributed by atoms with Crippen molar-refractivity contribution < 1.29 is 28.7 Å². The molecular weight excluding hydrogens is 420 g/mol. The summed E-state index contributed by atoms with van der Waals surface area (Å²) in [4.78, 5) is 63.5. The molecule has 3 amide bonds. The molecule has 3 rings (SSSR count). The highest BCUT2D eigenvalue weighted by Crippen LogP contribution is 2.37. The van der Waals surface area contributed by atoms with Crippen LogP contribution in [0.5, 0.6) is 0 Å². The minimum Gasteiger partial charge on any atom is -0.456 e. The van der Waals surface area contributed by atoms with E-state index >= 15 is 0 Å². The van der Waals surface area contributed by atoms with E-state index in [0.29, 0.717) is 24.3 Å². The second kappa shape index (κ2) is 9.30. The predicted molar refractivity (Wildman–Crippen MR) is 113 cm³/mol. The number of rotatable bonds is 7. The molecule has 168 valence electrons. The molecule has 9 heteroatoms. The highest BCUT2D eigenvalue weighted by molar-refractivity contribution is 7.14. The number of ketones is 1. The van der Waals surface area contributed by atoms with Gasteiger partial charge in [0.2, 0.25) is 23.5 Å². The van der Waals surface area contributed by atoms with Crippen LogP contribution in [0.3, 0.4) is 0 Å². The second-order valence-electron chi connectivity index (χ2n) is 9.04. The minimum absolute atomic E-state index is 0.0893. The first kappa shape index (κ1) is 23.1. The van der Waals surface area contributed by atoms with Crippen LogP contribution in [0.1, 0.15) is 61.0 Å². The molecule has 0 aromatic carbocycles. The number of imide groups is 1. The quantitative estimate of drug-likeness (QED) is 0.389. The van der Waals surface area contributed by atoms with Crippen molar-refractivity contribution in [3.63, 3.8) is 0 Å². The summed E-state index contributed by atoms with van der Waals surface area (Å²) in [5, 5.41) is 2.82. The molecule has 0 spiro atoms. The Bertz CT molecular complexity index is 876. The molecule has 2 fully saturated rings. The lowest BCUT2D eigenvalue weighted by atomic mass is 9.81. The number of ether oxygens (including phenoxy) is 1. The van der Waals surface area contributed by atoms with Gasteiger partial charge in [0.15, 0.2) is 6.61 Å². The Hall–Kier alpha value is -2.55. The van der Waals surface area contributed by atoms with Gasteiger partial charge in [0.1, 0.15) is 6.54 Å². The van der Waals surface area contributed by atoms with Crippen LogP contribution < -0.4 is 5.32 Å². The van der Waals surface area contributed by atoms with Crippen molar-refractivity contribution in [2.75, 3.05) is 13.2 Å². The summed E-state index contributed by atoms with van der Waals surface area (Å²) in [6, 6.07) is 3.36. The molecule has 2 aliphatic rings. The highest BCUT2D eigenvalue weighted by Gasteiger charge is 2.48. The first-order valence-corrected chi connectivity index (χ1v) is 11.3. The standard InChI is InChI=1S/C22H28N2O6S/c1-22(2,3)21(29)23-10-13-8-9-17(31-13)16(25)12-30-18(26)11-24-19(27)14-6-4-5-7-15(14)20(24)28/h8-9,14-15H,4-7,10-12H2,1-3H3,(H,23,29)/t14-,15-/m0/s1. The largest absolute Gasteiger partial charge is 0.456 e. The van der Waals surface area contributed by atoms with Gasteiger partial charge >= 0.3 is 5.97 Å². The molecule has 1 aromatic rings. The van der Waals surface area contributed by atoms with Gasteiger partial charge in [-0.25, -0.2) is 0 Å². The number of hydrogen-bond acceptors (Lipinski definition) is 7. The molecule has 0 unspecified atom stereocenters. The SMILES string of the molecule is CC(C)(C)C(=O)NCc1ccc(C(=O)COC(=O)CN2C(=O)[C@H]3CCCC[C@@H]3C2=O)s1. The summed E-state index contributed by atoms with van der Waals surface area (Å²) in [7, 11) is 0. The van der Waals surface area contributed by atoms with Gasteiger partial charge in [-0.15, -0.1) is 11.3 Å². The highest BCUT2D eigenvalue weighted by atomic mass is 32.1. The summed E-state index contributed by atoms with van der Waals surface area (Å²) < 4.78 is 5.02. The fraction of sp³-hybridized carbons (Fsp3) is 0.591. The van der Waals surface area contributed by atoms with Gasteiger partial charge in [-0.1, -0.05) is 33.6 Å². The molecule has 0 radical (unpaired) electrons. The van der Waals surface area contributed by atoms with Crippen LogP contribution in [0.2, 0.25) is 0 Å². The van der Waals surface area contributed by atoms with Crippen molar-refractivity contribution >= 4 is 40.8 Å². The van der Waals surface area contributed by atoms with Gasteiger partial charge < -0.3 is 10.1 Å². The third-order valence-corrected chi connectivity index (χ3v) is 6.75. The molecule has 2 atom stereocenters. The van der Waals surface area contributed by atoms with Gasteiger partial charge in [-0.05, 0) is 25.0 Å². The Kier molecular flexibility index (Phi) is 6.93. The Morgan fingerprint density at radius 3 is 2.29 bits per heavy atom.